The molecule has 1 amide bonds. The van der Waals surface area contributed by atoms with Gasteiger partial charge in [-0.25, -0.2) is 0 Å². The second kappa shape index (κ2) is 12.2. The van der Waals surface area contributed by atoms with Gasteiger partial charge in [0.05, 0.1) is 20.8 Å². The number of hydrogen-bond donors (Lipinski definition) is 1. The van der Waals surface area contributed by atoms with Crippen molar-refractivity contribution in [3.8, 4) is 28.6 Å². The van der Waals surface area contributed by atoms with Crippen molar-refractivity contribution >= 4 is 11.6 Å². The first kappa shape index (κ1) is 26.5. The minimum atomic E-state index is -0.347. The number of aromatic amines is 1. The topological polar surface area (TPSA) is 110 Å². The summed E-state index contributed by atoms with van der Waals surface area (Å²) < 4.78 is 16.7. The van der Waals surface area contributed by atoms with E-state index in [1.807, 2.05) is 41.3 Å². The molecule has 1 aliphatic carbocycles. The molecule has 0 unspecified atom stereocenters. The Bertz CT molecular complexity index is 1350. The number of piperazine rings is 1. The lowest BCUT2D eigenvalue weighted by Crippen LogP contribution is -2.48. The second-order valence-electron chi connectivity index (χ2n) is 9.99. The van der Waals surface area contributed by atoms with Crippen molar-refractivity contribution in [3.63, 3.8) is 0 Å². The monoisotopic (exact) mass is 533 g/mol. The third-order valence-corrected chi connectivity index (χ3v) is 7.53. The van der Waals surface area contributed by atoms with Gasteiger partial charge in [-0.15, -0.1) is 10.2 Å². The van der Waals surface area contributed by atoms with Crippen LogP contribution in [0.3, 0.4) is 0 Å². The van der Waals surface area contributed by atoms with Crippen molar-refractivity contribution in [2.24, 2.45) is 5.92 Å². The van der Waals surface area contributed by atoms with Crippen LogP contribution in [-0.2, 0) is 11.2 Å². The van der Waals surface area contributed by atoms with Crippen molar-refractivity contribution in [2.75, 3.05) is 51.9 Å². The number of aryl methyl sites for hydroxylation is 1. The van der Waals surface area contributed by atoms with Crippen molar-refractivity contribution < 1.29 is 19.0 Å². The summed E-state index contributed by atoms with van der Waals surface area (Å²) in [6, 6.07) is 13.4. The van der Waals surface area contributed by atoms with Gasteiger partial charge in [-0.2, -0.15) is 0 Å². The van der Waals surface area contributed by atoms with E-state index in [1.54, 1.807) is 20.3 Å². The van der Waals surface area contributed by atoms with E-state index in [4.69, 9.17) is 14.2 Å². The third-order valence-electron chi connectivity index (χ3n) is 7.53. The quantitative estimate of drug-likeness (QED) is 0.423. The van der Waals surface area contributed by atoms with Crippen LogP contribution in [0.1, 0.15) is 31.4 Å². The van der Waals surface area contributed by atoms with Gasteiger partial charge in [0.2, 0.25) is 5.91 Å². The largest absolute Gasteiger partial charge is 0.497 e. The average Bonchev–Trinajstić information content (AvgIpc) is 2.95. The molecule has 10 nitrogen and oxygen atoms in total. The van der Waals surface area contributed by atoms with E-state index in [-0.39, 0.29) is 30.0 Å². The third kappa shape index (κ3) is 6.32. The Morgan fingerprint density at radius 1 is 1.00 bits per heavy atom. The Morgan fingerprint density at radius 3 is 2.51 bits per heavy atom. The maximum absolute atomic E-state index is 12.8. The summed E-state index contributed by atoms with van der Waals surface area (Å²) in [5, 5.41) is 8.36. The fraction of sp³-hybridized carbons (Fsp3) is 0.448. The Balaban J connectivity index is 1.15. The summed E-state index contributed by atoms with van der Waals surface area (Å²) in [6.45, 7) is 3.40. The summed E-state index contributed by atoms with van der Waals surface area (Å²) in [6.07, 6.45) is 4.11. The second-order valence-corrected chi connectivity index (χ2v) is 9.99. The highest BCUT2D eigenvalue weighted by Gasteiger charge is 2.22. The van der Waals surface area contributed by atoms with Gasteiger partial charge in [0.25, 0.3) is 5.56 Å². The fourth-order valence-corrected chi connectivity index (χ4v) is 4.86. The normalized spacial score (nSPS) is 15.5. The van der Waals surface area contributed by atoms with E-state index in [9.17, 15) is 9.59 Å². The number of nitrogens with one attached hydrogen (secondary N) is 1. The highest BCUT2D eigenvalue weighted by atomic mass is 16.5. The van der Waals surface area contributed by atoms with E-state index in [0.29, 0.717) is 48.5 Å². The molecule has 1 N–H and O–H groups in total. The zero-order valence-corrected chi connectivity index (χ0v) is 22.5. The van der Waals surface area contributed by atoms with Gasteiger partial charge in [-0.1, -0.05) is 12.5 Å². The summed E-state index contributed by atoms with van der Waals surface area (Å²) >= 11 is 0. The number of carbonyl (C=O) groups excluding carboxylic acids is 1. The van der Waals surface area contributed by atoms with Gasteiger partial charge in [-0.3, -0.25) is 9.59 Å². The van der Waals surface area contributed by atoms with Gasteiger partial charge < -0.3 is 29.0 Å². The number of benzene rings is 2. The van der Waals surface area contributed by atoms with E-state index in [2.05, 4.69) is 20.1 Å². The van der Waals surface area contributed by atoms with Crippen molar-refractivity contribution in [1.82, 2.24) is 20.1 Å². The molecule has 2 heterocycles. The van der Waals surface area contributed by atoms with Gasteiger partial charge in [0.1, 0.15) is 11.4 Å². The van der Waals surface area contributed by atoms with Gasteiger partial charge in [-0.05, 0) is 49.1 Å². The molecule has 39 heavy (non-hydrogen) atoms. The fourth-order valence-electron chi connectivity index (χ4n) is 4.86. The molecule has 206 valence electrons. The van der Waals surface area contributed by atoms with Crippen LogP contribution in [0, 0.1) is 5.92 Å². The summed E-state index contributed by atoms with van der Waals surface area (Å²) in [7, 11) is 3.24. The number of amides is 1. The zero-order valence-electron chi connectivity index (χ0n) is 22.5. The van der Waals surface area contributed by atoms with Crippen LogP contribution in [0.2, 0.25) is 0 Å². The molecule has 10 heteroatoms. The number of H-pyrrole nitrogens is 1. The molecule has 2 aliphatic rings. The number of aromatic nitrogens is 3. The molecule has 0 bridgehead atoms. The minimum Gasteiger partial charge on any atom is -0.497 e. The van der Waals surface area contributed by atoms with Gasteiger partial charge >= 0.3 is 0 Å². The van der Waals surface area contributed by atoms with Crippen LogP contribution in [0.15, 0.2) is 47.3 Å². The smallest absolute Gasteiger partial charge is 0.273 e. The van der Waals surface area contributed by atoms with Crippen LogP contribution in [0.25, 0.3) is 11.4 Å². The molecule has 2 aromatic carbocycles. The van der Waals surface area contributed by atoms with Crippen LogP contribution < -0.4 is 24.7 Å². The number of nitrogens with zero attached hydrogens (tertiary/aromatic N) is 4. The Labute approximate surface area is 227 Å². The standard InChI is InChI=1S/C29H35N5O5/c1-37-23-8-4-7-22(18-23)33-13-15-34(16-14-33)27(35)12-10-24-29(36)30-28(32-31-24)21-9-11-25(26(17-21)38-2)39-19-20-5-3-6-20/h4,7-9,11,17-18,20H,3,5-6,10,12-16,19H2,1-2H3,(H,30,32,36). The molecule has 1 aromatic heterocycles. The van der Waals surface area contributed by atoms with Crippen molar-refractivity contribution in [2.45, 2.75) is 32.1 Å². The first-order valence-corrected chi connectivity index (χ1v) is 13.5. The molecule has 1 aliphatic heterocycles. The number of ether oxygens (including phenoxy) is 3. The molecular weight excluding hydrogens is 498 g/mol. The molecule has 0 spiro atoms. The number of methoxy groups -OCH3 is 2. The molecule has 1 saturated carbocycles. The first-order valence-electron chi connectivity index (χ1n) is 13.5. The predicted molar refractivity (Wildman–Crippen MR) is 148 cm³/mol. The van der Waals surface area contributed by atoms with Gasteiger partial charge in [0, 0.05) is 56.3 Å². The average molecular weight is 534 g/mol. The highest BCUT2D eigenvalue weighted by Crippen LogP contribution is 2.33. The molecule has 2 fully saturated rings. The molecule has 3 aromatic rings. The molecule has 0 atom stereocenters. The predicted octanol–water partition coefficient (Wildman–Crippen LogP) is 3.31. The Hall–Kier alpha value is -4.08. The lowest BCUT2D eigenvalue weighted by molar-refractivity contribution is -0.131. The van der Waals surface area contributed by atoms with Crippen molar-refractivity contribution in [3.05, 3.63) is 58.5 Å². The molecule has 5 rings (SSSR count). The summed E-state index contributed by atoms with van der Waals surface area (Å²) in [5.41, 5.74) is 1.65. The zero-order chi connectivity index (χ0) is 27.2. The lowest BCUT2D eigenvalue weighted by Gasteiger charge is -2.36. The van der Waals surface area contributed by atoms with Crippen LogP contribution >= 0.6 is 0 Å². The molecular formula is C29H35N5O5. The Morgan fingerprint density at radius 2 is 1.82 bits per heavy atom. The number of hydrogen-bond acceptors (Lipinski definition) is 8. The van der Waals surface area contributed by atoms with E-state index in [1.165, 1.54) is 19.3 Å². The highest BCUT2D eigenvalue weighted by molar-refractivity contribution is 5.76. The maximum atomic E-state index is 12.8. The van der Waals surface area contributed by atoms with Gasteiger partial charge in [0.15, 0.2) is 17.3 Å². The molecule has 0 radical (unpaired) electrons. The van der Waals surface area contributed by atoms with E-state index >= 15 is 0 Å². The Kier molecular flexibility index (Phi) is 8.29. The first-order chi connectivity index (χ1) is 19.0. The SMILES string of the molecule is COc1cccc(N2CCN(C(=O)CCc3nnc(-c4ccc(OCC5CCC5)c(OC)c4)[nH]c3=O)CC2)c1. The summed E-state index contributed by atoms with van der Waals surface area (Å²) in [4.78, 5) is 32.5. The van der Waals surface area contributed by atoms with Crippen LogP contribution in [0.4, 0.5) is 5.69 Å². The number of rotatable bonds is 10. The van der Waals surface area contributed by atoms with E-state index in [0.717, 1.165) is 24.5 Å². The minimum absolute atomic E-state index is 0.00722. The lowest BCUT2D eigenvalue weighted by atomic mass is 9.86. The molecule has 1 saturated heterocycles. The number of carbonyl (C=O) groups is 1. The van der Waals surface area contributed by atoms with Crippen LogP contribution in [-0.4, -0.2) is 73.0 Å². The summed E-state index contributed by atoms with van der Waals surface area (Å²) in [5.74, 6) is 3.02. The van der Waals surface area contributed by atoms with Crippen molar-refractivity contribution in [1.29, 1.82) is 0 Å². The number of anilines is 1. The maximum Gasteiger partial charge on any atom is 0.273 e. The van der Waals surface area contributed by atoms with Crippen LogP contribution in [0.5, 0.6) is 17.2 Å². The van der Waals surface area contributed by atoms with E-state index < -0.39 is 0 Å².